The number of rotatable bonds is 16. The molecule has 4 atom stereocenters. The largest absolute Gasteiger partial charge is 0.489 e. The number of piperidine rings is 1. The Morgan fingerprint density at radius 3 is 2.27 bits per heavy atom. The number of β-amino-alcohol motifs (C(OH)–C–C–N with tert-alkyl or cyclic N) is 1. The summed E-state index contributed by atoms with van der Waals surface area (Å²) in [5, 5.41) is 32.7. The third-order valence-corrected chi connectivity index (χ3v) is 16.8. The predicted octanol–water partition coefficient (Wildman–Crippen LogP) is 8.19. The number of thiazole rings is 1. The van der Waals surface area contributed by atoms with Gasteiger partial charge in [0.05, 0.1) is 63.3 Å². The van der Waals surface area contributed by atoms with Crippen LogP contribution in [-0.2, 0) is 19.1 Å². The summed E-state index contributed by atoms with van der Waals surface area (Å²) < 4.78 is 28.3. The number of hydrogen-bond acceptors (Lipinski definition) is 12. The molecule has 4 amide bonds. The number of carbonyl (C=O) groups excluding carboxylic acids is 4. The van der Waals surface area contributed by atoms with Crippen LogP contribution in [0.3, 0.4) is 0 Å². The van der Waals surface area contributed by atoms with E-state index in [-0.39, 0.29) is 79.2 Å². The Balaban J connectivity index is 0.755. The van der Waals surface area contributed by atoms with Gasteiger partial charge in [0.2, 0.25) is 17.7 Å². The Morgan fingerprint density at radius 2 is 1.66 bits per heavy atom. The smallest absolute Gasteiger partial charge is 0.251 e. The number of halogens is 2. The Hall–Kier alpha value is -5.64. The molecule has 0 bridgehead atoms. The second-order valence-electron chi connectivity index (χ2n) is 22.9. The van der Waals surface area contributed by atoms with Gasteiger partial charge in [-0.1, -0.05) is 84.3 Å². The minimum absolute atomic E-state index is 0.00954. The van der Waals surface area contributed by atoms with Crippen LogP contribution in [-0.4, -0.2) is 118 Å². The number of aliphatic hydroxyl groups excluding tert-OH is 1. The van der Waals surface area contributed by atoms with Crippen molar-refractivity contribution >= 4 is 52.3 Å². The van der Waals surface area contributed by atoms with Gasteiger partial charge in [0.1, 0.15) is 35.8 Å². The van der Waals surface area contributed by atoms with Crippen LogP contribution in [0.1, 0.15) is 121 Å². The van der Waals surface area contributed by atoms with Crippen molar-refractivity contribution in [3.8, 4) is 22.3 Å². The van der Waals surface area contributed by atoms with E-state index in [1.807, 2.05) is 98.2 Å². The molecule has 0 radical (unpaired) electrons. The van der Waals surface area contributed by atoms with Gasteiger partial charge in [-0.3, -0.25) is 24.1 Å². The van der Waals surface area contributed by atoms with E-state index in [2.05, 4.69) is 31.2 Å². The fourth-order valence-corrected chi connectivity index (χ4v) is 12.5. The molecule has 2 aliphatic carbocycles. The number of aliphatic hydroxyl groups is 1. The zero-order chi connectivity index (χ0) is 53.4. The van der Waals surface area contributed by atoms with Crippen molar-refractivity contribution in [3.05, 3.63) is 99.4 Å². The molecule has 18 heteroatoms. The highest BCUT2D eigenvalue weighted by molar-refractivity contribution is 7.13. The summed E-state index contributed by atoms with van der Waals surface area (Å²) in [5.41, 5.74) is 3.99. The molecular formula is C56H70ClFN8O7S. The fraction of sp³-hybridized carbons (Fsp3) is 0.536. The van der Waals surface area contributed by atoms with Gasteiger partial charge < -0.3 is 40.7 Å². The van der Waals surface area contributed by atoms with Crippen LogP contribution in [0.5, 0.6) is 5.75 Å². The van der Waals surface area contributed by atoms with E-state index in [0.717, 1.165) is 34.5 Å². The van der Waals surface area contributed by atoms with Gasteiger partial charge in [-0.15, -0.1) is 11.3 Å². The Bertz CT molecular complexity index is 2750. The first-order valence-electron chi connectivity index (χ1n) is 25.6. The molecule has 1 aromatic heterocycles. The van der Waals surface area contributed by atoms with Gasteiger partial charge in [0.15, 0.2) is 0 Å². The summed E-state index contributed by atoms with van der Waals surface area (Å²) in [7, 11) is 0. The highest BCUT2D eigenvalue weighted by Crippen LogP contribution is 2.55. The lowest BCUT2D eigenvalue weighted by molar-refractivity contribution is -0.164. The molecule has 3 aromatic carbocycles. The summed E-state index contributed by atoms with van der Waals surface area (Å²) in [6.45, 7) is 18.9. The van der Waals surface area contributed by atoms with Gasteiger partial charge in [-0.2, -0.15) is 5.26 Å². The molecule has 2 aliphatic heterocycles. The van der Waals surface area contributed by atoms with Crippen molar-refractivity contribution in [2.75, 3.05) is 31.5 Å². The van der Waals surface area contributed by atoms with E-state index in [1.165, 1.54) is 11.0 Å². The maximum absolute atomic E-state index is 15.5. The number of ether oxygens (including phenoxy) is 2. The van der Waals surface area contributed by atoms with E-state index in [4.69, 9.17) is 21.1 Å². The van der Waals surface area contributed by atoms with Gasteiger partial charge in [0, 0.05) is 60.6 Å². The molecule has 8 rings (SSSR count). The van der Waals surface area contributed by atoms with E-state index in [9.17, 15) is 29.5 Å². The van der Waals surface area contributed by atoms with E-state index in [0.29, 0.717) is 48.0 Å². The third kappa shape index (κ3) is 11.9. The predicted molar refractivity (Wildman–Crippen MR) is 283 cm³/mol. The lowest BCUT2D eigenvalue weighted by Gasteiger charge is -2.63. The van der Waals surface area contributed by atoms with Crippen molar-refractivity contribution in [3.63, 3.8) is 0 Å². The fourth-order valence-electron chi connectivity index (χ4n) is 11.5. The minimum atomic E-state index is -0.931. The minimum Gasteiger partial charge on any atom is -0.489 e. The monoisotopic (exact) mass is 1050 g/mol. The number of nitrogens with one attached hydrogen (secondary N) is 4. The normalized spacial score (nSPS) is 24.3. The molecule has 4 aromatic rings. The number of hydrogen-bond donors (Lipinski definition) is 5. The Kier molecular flexibility index (Phi) is 16.2. The summed E-state index contributed by atoms with van der Waals surface area (Å²) in [6.07, 6.45) is 1.84. The lowest BCUT2D eigenvalue weighted by Crippen LogP contribution is -2.74. The average molecular weight is 1050 g/mol. The number of amides is 4. The van der Waals surface area contributed by atoms with Crippen LogP contribution >= 0.6 is 22.9 Å². The first-order valence-corrected chi connectivity index (χ1v) is 26.9. The van der Waals surface area contributed by atoms with Crippen molar-refractivity contribution in [1.29, 1.82) is 5.26 Å². The standard InChI is InChI=1S/C56H70ClFN8O7S/c1-31(33-10-12-34(13-11-33)47-32(2)60-30-74-47)61-50(70)45-25-38(67)28-66(45)51(71)48(54(3,4)5)63-46(68)29-65-20-18-39(19-21-65)72-41-23-37(24-41)62-44-17-15-35(22-43(44)58)49(69)64-52-55(6,7)53(56(52,8)9)73-40-16-14-36(27-59)42(57)26-40/h10-17,22,26,30-31,37-39,41,45,48,52-53,62,67H,18-21,23-25,28-29H2,1-9H3,(H,61,70)(H,63,68)(H,64,69)/t31-,37?,38+,41?,45-,48+,52?,53?/m0/s1. The van der Waals surface area contributed by atoms with Crippen molar-refractivity contribution in [1.82, 2.24) is 30.7 Å². The Morgan fingerprint density at radius 1 is 0.973 bits per heavy atom. The van der Waals surface area contributed by atoms with Crippen molar-refractivity contribution in [2.24, 2.45) is 16.2 Å². The number of benzene rings is 3. The van der Waals surface area contributed by atoms with Crippen LogP contribution in [0.15, 0.2) is 66.2 Å². The molecular weight excluding hydrogens is 983 g/mol. The first-order chi connectivity index (χ1) is 34.9. The van der Waals surface area contributed by atoms with Gasteiger partial charge in [0.25, 0.3) is 5.91 Å². The van der Waals surface area contributed by atoms with Crippen LogP contribution in [0, 0.1) is 40.3 Å². The number of carbonyl (C=O) groups is 4. The van der Waals surface area contributed by atoms with Crippen LogP contribution in [0.4, 0.5) is 10.1 Å². The van der Waals surface area contributed by atoms with Gasteiger partial charge in [-0.25, -0.2) is 9.37 Å². The second kappa shape index (κ2) is 21.9. The number of anilines is 1. The molecule has 0 unspecified atom stereocenters. The Labute approximate surface area is 442 Å². The van der Waals surface area contributed by atoms with E-state index in [1.54, 1.807) is 41.7 Å². The van der Waals surface area contributed by atoms with Crippen molar-refractivity contribution in [2.45, 2.75) is 149 Å². The number of nitrogens with zero attached hydrogens (tertiary/aromatic N) is 4. The zero-order valence-electron chi connectivity index (χ0n) is 43.8. The number of aryl methyl sites for hydroxylation is 1. The first kappa shape index (κ1) is 54.6. The number of aromatic nitrogens is 1. The SMILES string of the molecule is Cc1ncsc1-c1ccc([C@H](C)NC(=O)[C@@H]2C[C@@H](O)CN2C(=O)[C@@H](NC(=O)CN2CCC(OC3CC(Nc4ccc(C(=O)NC5C(C)(C)C(Oc6ccc(C#N)c(Cl)c6)C5(C)C)cc4F)C3)CC2)C(C)(C)C)cc1. The van der Waals surface area contributed by atoms with Crippen LogP contribution in [0.25, 0.3) is 10.4 Å². The summed E-state index contributed by atoms with van der Waals surface area (Å²) in [4.78, 5) is 64.0. The average Bonchev–Trinajstić information content (AvgIpc) is 3.96. The maximum Gasteiger partial charge on any atom is 0.251 e. The lowest BCUT2D eigenvalue weighted by atomic mass is 9.49. The molecule has 0 spiro atoms. The molecule has 4 fully saturated rings. The molecule has 3 heterocycles. The van der Waals surface area contributed by atoms with E-state index >= 15 is 4.39 Å². The topological polar surface area (TPSA) is 198 Å². The molecule has 4 aliphatic rings. The molecule has 2 saturated carbocycles. The maximum atomic E-state index is 15.5. The van der Waals surface area contributed by atoms with Gasteiger partial charge >= 0.3 is 0 Å². The summed E-state index contributed by atoms with van der Waals surface area (Å²) >= 11 is 7.82. The van der Waals surface area contributed by atoms with Gasteiger partial charge in [-0.05, 0) is 86.4 Å². The van der Waals surface area contributed by atoms with Crippen LogP contribution < -0.4 is 26.0 Å². The molecule has 5 N–H and O–H groups in total. The molecule has 396 valence electrons. The molecule has 74 heavy (non-hydrogen) atoms. The molecule has 15 nitrogen and oxygen atoms in total. The van der Waals surface area contributed by atoms with E-state index < -0.39 is 46.2 Å². The van der Waals surface area contributed by atoms with Crippen molar-refractivity contribution < 1.29 is 38.1 Å². The number of likely N-dealkylation sites (tertiary alicyclic amines) is 2. The highest BCUT2D eigenvalue weighted by Gasteiger charge is 2.64. The number of nitriles is 1. The highest BCUT2D eigenvalue weighted by atomic mass is 35.5. The zero-order valence-corrected chi connectivity index (χ0v) is 45.3. The molecule has 2 saturated heterocycles. The van der Waals surface area contributed by atoms with Crippen LogP contribution in [0.2, 0.25) is 5.02 Å². The summed E-state index contributed by atoms with van der Waals surface area (Å²) in [5.74, 6) is -1.42. The quantitative estimate of drug-likeness (QED) is 0.0726. The second-order valence-corrected chi connectivity index (χ2v) is 24.2. The summed E-state index contributed by atoms with van der Waals surface area (Å²) in [6, 6.07) is 17.0. The third-order valence-electron chi connectivity index (χ3n) is 15.5.